The normalized spacial score (nSPS) is 10.9. The molecule has 1 N–H and O–H groups in total. The molecule has 31 heavy (non-hydrogen) atoms. The molecule has 0 saturated heterocycles. The summed E-state index contributed by atoms with van der Waals surface area (Å²) in [6, 6.07) is 18.5. The Morgan fingerprint density at radius 2 is 1.84 bits per heavy atom. The number of rotatable bonds is 7. The number of benzene rings is 3. The number of carbonyl (C=O) groups excluding carboxylic acids is 1. The van der Waals surface area contributed by atoms with Crippen LogP contribution in [0, 0.1) is 13.8 Å². The molecule has 0 atom stereocenters. The van der Waals surface area contributed by atoms with Crippen molar-refractivity contribution in [2.24, 2.45) is 0 Å². The molecule has 4 aromatic rings. The van der Waals surface area contributed by atoms with Gasteiger partial charge in [-0.1, -0.05) is 36.0 Å². The first-order valence-corrected chi connectivity index (χ1v) is 11.1. The fourth-order valence-electron chi connectivity index (χ4n) is 3.36. The van der Waals surface area contributed by atoms with Crippen molar-refractivity contribution >= 4 is 28.4 Å². The highest BCUT2D eigenvalue weighted by molar-refractivity contribution is 7.99. The number of hydrogen-bond donors (Lipinski definition) is 1. The summed E-state index contributed by atoms with van der Waals surface area (Å²) < 4.78 is 7.29. The summed E-state index contributed by atoms with van der Waals surface area (Å²) >= 11 is 1.43. The maximum atomic E-state index is 12.4. The van der Waals surface area contributed by atoms with Crippen LogP contribution in [0.25, 0.3) is 16.5 Å². The molecule has 0 bridgehead atoms. The zero-order valence-electron chi connectivity index (χ0n) is 17.9. The molecule has 3 aromatic carbocycles. The largest absolute Gasteiger partial charge is 0.497 e. The van der Waals surface area contributed by atoms with Crippen molar-refractivity contribution in [2.45, 2.75) is 25.5 Å². The highest BCUT2D eigenvalue weighted by Gasteiger charge is 2.10. The predicted octanol–water partition coefficient (Wildman–Crippen LogP) is 5.06. The van der Waals surface area contributed by atoms with Gasteiger partial charge in [-0.2, -0.15) is 0 Å². The average molecular weight is 432 g/mol. The lowest BCUT2D eigenvalue weighted by molar-refractivity contribution is -0.118. The van der Waals surface area contributed by atoms with Crippen LogP contribution in [0.5, 0.6) is 5.75 Å². The summed E-state index contributed by atoms with van der Waals surface area (Å²) in [5, 5.41) is 6.04. The van der Waals surface area contributed by atoms with Gasteiger partial charge in [0.05, 0.1) is 12.9 Å². The van der Waals surface area contributed by atoms with Crippen molar-refractivity contribution in [3.05, 3.63) is 83.7 Å². The van der Waals surface area contributed by atoms with Crippen LogP contribution in [0.4, 0.5) is 0 Å². The first-order valence-electron chi connectivity index (χ1n) is 10.1. The van der Waals surface area contributed by atoms with E-state index in [1.54, 1.807) is 13.3 Å². The third-order valence-electron chi connectivity index (χ3n) is 5.31. The topological polar surface area (TPSA) is 56.1 Å². The fraction of sp³-hybridized carbons (Fsp3) is 0.200. The molecule has 0 fully saturated rings. The number of carbonyl (C=O) groups is 1. The maximum absolute atomic E-state index is 12.4. The summed E-state index contributed by atoms with van der Waals surface area (Å²) in [6.45, 7) is 4.69. The van der Waals surface area contributed by atoms with Gasteiger partial charge in [0.1, 0.15) is 5.75 Å². The van der Waals surface area contributed by atoms with Crippen molar-refractivity contribution in [3.8, 4) is 11.4 Å². The van der Waals surface area contributed by atoms with Gasteiger partial charge in [-0.05, 0) is 71.6 Å². The third kappa shape index (κ3) is 4.91. The molecule has 6 heteroatoms. The monoisotopic (exact) mass is 431 g/mol. The van der Waals surface area contributed by atoms with Crippen LogP contribution >= 0.6 is 11.8 Å². The highest BCUT2D eigenvalue weighted by Crippen LogP contribution is 2.23. The molecule has 4 rings (SSSR count). The Morgan fingerprint density at radius 3 is 2.65 bits per heavy atom. The van der Waals surface area contributed by atoms with E-state index in [0.717, 1.165) is 32.9 Å². The number of nitrogens with zero attached hydrogens (tertiary/aromatic N) is 2. The van der Waals surface area contributed by atoms with Crippen LogP contribution in [0.1, 0.15) is 16.7 Å². The SMILES string of the molecule is COc1ccc2cc(CNC(=O)CSc3nccn3-c3ccc(C)c(C)c3)ccc2c1. The number of imidazole rings is 1. The number of fused-ring (bicyclic) bond motifs is 1. The van der Waals surface area contributed by atoms with Gasteiger partial charge in [0.15, 0.2) is 5.16 Å². The summed E-state index contributed by atoms with van der Waals surface area (Å²) in [5.41, 5.74) is 4.60. The van der Waals surface area contributed by atoms with E-state index in [-0.39, 0.29) is 5.91 Å². The zero-order chi connectivity index (χ0) is 21.8. The lowest BCUT2D eigenvalue weighted by atomic mass is 10.1. The molecular formula is C25H25N3O2S. The number of nitrogens with one attached hydrogen (secondary N) is 1. The van der Waals surface area contributed by atoms with Gasteiger partial charge in [-0.15, -0.1) is 0 Å². The van der Waals surface area contributed by atoms with Crippen LogP contribution in [0.2, 0.25) is 0 Å². The molecule has 0 spiro atoms. The molecule has 158 valence electrons. The summed E-state index contributed by atoms with van der Waals surface area (Å²) in [6.07, 6.45) is 3.69. The van der Waals surface area contributed by atoms with Crippen molar-refractivity contribution in [1.82, 2.24) is 14.9 Å². The van der Waals surface area contributed by atoms with E-state index in [1.807, 2.05) is 35.0 Å². The lowest BCUT2D eigenvalue weighted by Gasteiger charge is -2.10. The number of aromatic nitrogens is 2. The minimum absolute atomic E-state index is 0.0190. The molecule has 1 aromatic heterocycles. The molecule has 5 nitrogen and oxygen atoms in total. The molecule has 0 radical (unpaired) electrons. The lowest BCUT2D eigenvalue weighted by Crippen LogP contribution is -2.24. The van der Waals surface area contributed by atoms with Crippen LogP contribution in [-0.4, -0.2) is 28.3 Å². The van der Waals surface area contributed by atoms with Gasteiger partial charge >= 0.3 is 0 Å². The third-order valence-corrected chi connectivity index (χ3v) is 6.28. The Morgan fingerprint density at radius 1 is 1.03 bits per heavy atom. The van der Waals surface area contributed by atoms with E-state index in [4.69, 9.17) is 4.74 Å². The minimum atomic E-state index is -0.0190. The second kappa shape index (κ2) is 9.27. The average Bonchev–Trinajstić information content (AvgIpc) is 3.26. The molecule has 1 heterocycles. The Hall–Kier alpha value is -3.25. The van der Waals surface area contributed by atoms with E-state index < -0.39 is 0 Å². The quantitative estimate of drug-likeness (QED) is 0.416. The molecule has 0 aliphatic rings. The van der Waals surface area contributed by atoms with Crippen molar-refractivity contribution in [3.63, 3.8) is 0 Å². The summed E-state index contributed by atoms with van der Waals surface area (Å²) in [5.74, 6) is 1.13. The Kier molecular flexibility index (Phi) is 6.28. The molecule has 0 aliphatic carbocycles. The van der Waals surface area contributed by atoms with Gasteiger partial charge in [-0.3, -0.25) is 9.36 Å². The Balaban J connectivity index is 1.35. The van der Waals surface area contributed by atoms with Crippen molar-refractivity contribution in [2.75, 3.05) is 12.9 Å². The molecular weight excluding hydrogens is 406 g/mol. The van der Waals surface area contributed by atoms with E-state index in [9.17, 15) is 4.79 Å². The van der Waals surface area contributed by atoms with E-state index >= 15 is 0 Å². The number of hydrogen-bond acceptors (Lipinski definition) is 4. The number of thioether (sulfide) groups is 1. The maximum Gasteiger partial charge on any atom is 0.230 e. The van der Waals surface area contributed by atoms with E-state index in [2.05, 4.69) is 54.5 Å². The zero-order valence-corrected chi connectivity index (χ0v) is 18.7. The highest BCUT2D eigenvalue weighted by atomic mass is 32.2. The number of ether oxygens (including phenoxy) is 1. The van der Waals surface area contributed by atoms with Gasteiger partial charge < -0.3 is 10.1 Å². The first-order chi connectivity index (χ1) is 15.0. The molecule has 0 aliphatic heterocycles. The van der Waals surface area contributed by atoms with Gasteiger partial charge in [0.25, 0.3) is 0 Å². The predicted molar refractivity (Wildman–Crippen MR) is 126 cm³/mol. The fourth-order valence-corrected chi connectivity index (χ4v) is 4.16. The van der Waals surface area contributed by atoms with E-state index in [0.29, 0.717) is 12.3 Å². The Labute approximate surface area is 186 Å². The molecule has 0 saturated carbocycles. The van der Waals surface area contributed by atoms with Crippen LogP contribution in [-0.2, 0) is 11.3 Å². The van der Waals surface area contributed by atoms with Crippen molar-refractivity contribution in [1.29, 1.82) is 0 Å². The molecule has 0 unspecified atom stereocenters. The molecule has 1 amide bonds. The Bertz CT molecular complexity index is 1230. The first kappa shape index (κ1) is 21.0. The number of aryl methyl sites for hydroxylation is 2. The van der Waals surface area contributed by atoms with E-state index in [1.165, 1.54) is 22.9 Å². The second-order valence-electron chi connectivity index (χ2n) is 7.46. The van der Waals surface area contributed by atoms with Gasteiger partial charge in [-0.25, -0.2) is 4.98 Å². The van der Waals surface area contributed by atoms with Gasteiger partial charge in [0.2, 0.25) is 5.91 Å². The smallest absolute Gasteiger partial charge is 0.230 e. The van der Waals surface area contributed by atoms with Crippen LogP contribution in [0.15, 0.2) is 72.1 Å². The summed E-state index contributed by atoms with van der Waals surface area (Å²) in [4.78, 5) is 16.8. The number of amides is 1. The van der Waals surface area contributed by atoms with Gasteiger partial charge in [0, 0.05) is 24.6 Å². The van der Waals surface area contributed by atoms with Crippen molar-refractivity contribution < 1.29 is 9.53 Å². The van der Waals surface area contributed by atoms with Crippen LogP contribution < -0.4 is 10.1 Å². The standard InChI is InChI=1S/C25H25N3O2S/c1-17-4-8-22(12-18(17)2)28-11-10-26-25(28)31-16-24(29)27-15-19-5-6-21-14-23(30-3)9-7-20(21)13-19/h4-14H,15-16H2,1-3H3,(H,27,29). The number of methoxy groups -OCH3 is 1. The summed E-state index contributed by atoms with van der Waals surface area (Å²) in [7, 11) is 1.66. The minimum Gasteiger partial charge on any atom is -0.497 e. The second-order valence-corrected chi connectivity index (χ2v) is 8.40. The van der Waals surface area contributed by atoms with Crippen LogP contribution in [0.3, 0.4) is 0 Å².